The van der Waals surface area contributed by atoms with E-state index in [4.69, 9.17) is 0 Å². The number of nitrogens with zero attached hydrogens (tertiary/aromatic N) is 1. The Morgan fingerprint density at radius 1 is 0.583 bits per heavy atom. The van der Waals surface area contributed by atoms with Crippen LogP contribution in [-0.2, 0) is 10.0 Å². The Kier molecular flexibility index (Phi) is 3.71. The molecule has 3 aromatic rings. The van der Waals surface area contributed by atoms with Gasteiger partial charge in [-0.15, -0.1) is 0 Å². The fourth-order valence-electron chi connectivity index (χ4n) is 3.18. The van der Waals surface area contributed by atoms with Gasteiger partial charge in [-0.1, -0.05) is 78.9 Å². The van der Waals surface area contributed by atoms with Crippen LogP contribution in [-0.4, -0.2) is 12.7 Å². The van der Waals surface area contributed by atoms with Crippen LogP contribution in [0, 0.1) is 0 Å². The topological polar surface area (TPSA) is 37.1 Å². The van der Waals surface area contributed by atoms with Crippen molar-refractivity contribution in [1.82, 2.24) is 4.31 Å². The second-order valence-corrected chi connectivity index (χ2v) is 7.70. The van der Waals surface area contributed by atoms with E-state index in [0.29, 0.717) is 4.90 Å². The molecule has 0 N–H and O–H groups in total. The maximum Gasteiger partial charge on any atom is 0.244 e. The quantitative estimate of drug-likeness (QED) is 0.671. The van der Waals surface area contributed by atoms with Gasteiger partial charge in [-0.2, -0.15) is 4.31 Å². The average molecular weight is 335 g/mol. The molecule has 4 heteroatoms. The van der Waals surface area contributed by atoms with Gasteiger partial charge in [-0.3, -0.25) is 0 Å². The highest BCUT2D eigenvalue weighted by molar-refractivity contribution is 7.89. The molecule has 0 aromatic heterocycles. The van der Waals surface area contributed by atoms with Gasteiger partial charge >= 0.3 is 0 Å². The Bertz CT molecular complexity index is 880. The first-order valence-electron chi connectivity index (χ1n) is 7.88. The highest BCUT2D eigenvalue weighted by atomic mass is 32.2. The van der Waals surface area contributed by atoms with Gasteiger partial charge in [-0.25, -0.2) is 8.42 Å². The van der Waals surface area contributed by atoms with Gasteiger partial charge in [0.1, 0.15) is 0 Å². The van der Waals surface area contributed by atoms with Gasteiger partial charge in [0, 0.05) is 0 Å². The average Bonchev–Trinajstić information content (AvgIpc) is 3.41. The summed E-state index contributed by atoms with van der Waals surface area (Å²) in [6.07, 6.45) is 0. The summed E-state index contributed by atoms with van der Waals surface area (Å²) in [5, 5.41) is 0. The summed E-state index contributed by atoms with van der Waals surface area (Å²) in [4.78, 5) is 0.337. The van der Waals surface area contributed by atoms with E-state index >= 15 is 0 Å². The Morgan fingerprint density at radius 2 is 0.958 bits per heavy atom. The van der Waals surface area contributed by atoms with E-state index in [9.17, 15) is 8.42 Å². The van der Waals surface area contributed by atoms with Gasteiger partial charge in [-0.05, 0) is 23.3 Å². The first kappa shape index (κ1) is 15.1. The third-order valence-corrected chi connectivity index (χ3v) is 6.24. The molecule has 1 heterocycles. The number of sulfonamides is 1. The molecular formula is C20H17NO2S. The predicted octanol–water partition coefficient (Wildman–Crippen LogP) is 4.17. The van der Waals surface area contributed by atoms with Crippen molar-refractivity contribution < 1.29 is 8.42 Å². The Balaban J connectivity index is 1.78. The molecule has 3 nitrogen and oxygen atoms in total. The zero-order chi connectivity index (χ0) is 16.6. The van der Waals surface area contributed by atoms with Gasteiger partial charge in [0.2, 0.25) is 10.0 Å². The minimum Gasteiger partial charge on any atom is -0.207 e. The molecular weight excluding hydrogens is 318 g/mol. The van der Waals surface area contributed by atoms with E-state index in [1.807, 2.05) is 66.7 Å². The molecule has 2 atom stereocenters. The van der Waals surface area contributed by atoms with Gasteiger partial charge in [0.15, 0.2) is 0 Å². The van der Waals surface area contributed by atoms with Crippen molar-refractivity contribution in [3.63, 3.8) is 0 Å². The standard InChI is InChI=1S/C20H17NO2S/c22-24(23,18-14-8-3-9-15-18)21-19(16-10-4-1-5-11-16)20(21)17-12-6-2-7-13-17/h1-15,19-20H/t19-,20-/m1/s1. The molecule has 0 unspecified atom stereocenters. The lowest BCUT2D eigenvalue weighted by Gasteiger charge is -2.07. The molecule has 24 heavy (non-hydrogen) atoms. The molecule has 3 aromatic carbocycles. The molecule has 1 fully saturated rings. The van der Waals surface area contributed by atoms with Crippen LogP contribution in [0.4, 0.5) is 0 Å². The van der Waals surface area contributed by atoms with Crippen LogP contribution in [0.2, 0.25) is 0 Å². The van der Waals surface area contributed by atoms with Crippen LogP contribution < -0.4 is 0 Å². The fourth-order valence-corrected chi connectivity index (χ4v) is 4.95. The van der Waals surface area contributed by atoms with Crippen LogP contribution in [0.3, 0.4) is 0 Å². The number of hydrogen-bond donors (Lipinski definition) is 0. The largest absolute Gasteiger partial charge is 0.244 e. The Hall–Kier alpha value is -2.43. The zero-order valence-corrected chi connectivity index (χ0v) is 13.8. The van der Waals surface area contributed by atoms with Crippen molar-refractivity contribution in [2.75, 3.05) is 0 Å². The smallest absolute Gasteiger partial charge is 0.207 e. The lowest BCUT2D eigenvalue weighted by atomic mass is 10.0. The molecule has 4 rings (SSSR count). The van der Waals surface area contributed by atoms with E-state index in [1.165, 1.54) is 0 Å². The zero-order valence-electron chi connectivity index (χ0n) is 13.0. The molecule has 1 aliphatic rings. The fraction of sp³-hybridized carbons (Fsp3) is 0.100. The van der Waals surface area contributed by atoms with E-state index in [1.54, 1.807) is 28.6 Å². The van der Waals surface area contributed by atoms with E-state index in [-0.39, 0.29) is 12.1 Å². The van der Waals surface area contributed by atoms with E-state index in [0.717, 1.165) is 11.1 Å². The second kappa shape index (κ2) is 5.89. The molecule has 0 aliphatic carbocycles. The Morgan fingerprint density at radius 3 is 1.38 bits per heavy atom. The van der Waals surface area contributed by atoms with Crippen molar-refractivity contribution in [2.24, 2.45) is 0 Å². The predicted molar refractivity (Wildman–Crippen MR) is 93.8 cm³/mol. The molecule has 0 spiro atoms. The summed E-state index contributed by atoms with van der Waals surface area (Å²) in [5.74, 6) is 0. The molecule has 1 saturated heterocycles. The highest BCUT2D eigenvalue weighted by Gasteiger charge is 2.56. The van der Waals surface area contributed by atoms with Crippen LogP contribution in [0.5, 0.6) is 0 Å². The lowest BCUT2D eigenvalue weighted by molar-refractivity contribution is 0.547. The van der Waals surface area contributed by atoms with Gasteiger partial charge in [0.25, 0.3) is 0 Å². The normalized spacial score (nSPS) is 22.9. The molecule has 0 radical (unpaired) electrons. The highest BCUT2D eigenvalue weighted by Crippen LogP contribution is 2.57. The third kappa shape index (κ3) is 2.54. The SMILES string of the molecule is O=S(=O)(c1ccccc1)N1[C@H](c2ccccc2)[C@H]1c1ccccc1. The monoisotopic (exact) mass is 335 g/mol. The van der Waals surface area contributed by atoms with Crippen LogP contribution >= 0.6 is 0 Å². The summed E-state index contributed by atoms with van der Waals surface area (Å²) >= 11 is 0. The minimum atomic E-state index is -3.53. The molecule has 0 bridgehead atoms. The molecule has 0 amide bonds. The maximum atomic E-state index is 13.1. The number of benzene rings is 3. The first-order chi connectivity index (χ1) is 11.7. The Labute approximate surface area is 142 Å². The van der Waals surface area contributed by atoms with E-state index < -0.39 is 10.0 Å². The van der Waals surface area contributed by atoms with Crippen LogP contribution in [0.15, 0.2) is 95.9 Å². The summed E-state index contributed by atoms with van der Waals surface area (Å²) in [7, 11) is -3.53. The van der Waals surface area contributed by atoms with Crippen LogP contribution in [0.25, 0.3) is 0 Å². The van der Waals surface area contributed by atoms with Crippen molar-refractivity contribution in [1.29, 1.82) is 0 Å². The maximum absolute atomic E-state index is 13.1. The lowest BCUT2D eigenvalue weighted by Crippen LogP contribution is -2.13. The van der Waals surface area contributed by atoms with Crippen LogP contribution in [0.1, 0.15) is 23.2 Å². The van der Waals surface area contributed by atoms with Crippen molar-refractivity contribution in [3.05, 3.63) is 102 Å². The summed E-state index contributed by atoms with van der Waals surface area (Å²) in [6.45, 7) is 0. The minimum absolute atomic E-state index is 0.154. The summed E-state index contributed by atoms with van der Waals surface area (Å²) in [5.41, 5.74) is 2.04. The van der Waals surface area contributed by atoms with Crippen molar-refractivity contribution in [3.8, 4) is 0 Å². The third-order valence-electron chi connectivity index (χ3n) is 4.36. The number of rotatable bonds is 4. The summed E-state index contributed by atoms with van der Waals surface area (Å²) < 4.78 is 27.8. The molecule has 0 saturated carbocycles. The van der Waals surface area contributed by atoms with Crippen molar-refractivity contribution in [2.45, 2.75) is 17.0 Å². The molecule has 1 aliphatic heterocycles. The number of hydrogen-bond acceptors (Lipinski definition) is 2. The van der Waals surface area contributed by atoms with Gasteiger partial charge in [0.05, 0.1) is 17.0 Å². The second-order valence-electron chi connectivity index (χ2n) is 5.86. The van der Waals surface area contributed by atoms with E-state index in [2.05, 4.69) is 0 Å². The first-order valence-corrected chi connectivity index (χ1v) is 9.32. The summed E-state index contributed by atoms with van der Waals surface area (Å²) in [6, 6.07) is 28.0. The van der Waals surface area contributed by atoms with Gasteiger partial charge < -0.3 is 0 Å². The molecule has 120 valence electrons. The van der Waals surface area contributed by atoms with Crippen molar-refractivity contribution >= 4 is 10.0 Å².